The number of hydrogen-bond acceptors (Lipinski definition) is 8. The fourth-order valence-electron chi connectivity index (χ4n) is 3.49. The minimum atomic E-state index is -0.251. The summed E-state index contributed by atoms with van der Waals surface area (Å²) in [4.78, 5) is 17.9. The van der Waals surface area contributed by atoms with Gasteiger partial charge in [0.15, 0.2) is 5.82 Å². The summed E-state index contributed by atoms with van der Waals surface area (Å²) in [6, 6.07) is 4.04. The van der Waals surface area contributed by atoms with E-state index in [1.165, 1.54) is 0 Å². The number of nitrogens with one attached hydrogen (secondary N) is 2. The van der Waals surface area contributed by atoms with Gasteiger partial charge >= 0.3 is 0 Å². The highest BCUT2D eigenvalue weighted by Crippen LogP contribution is 2.48. The molecule has 1 aliphatic carbocycles. The second-order valence-corrected chi connectivity index (χ2v) is 6.81. The number of H-pyrrole nitrogens is 1. The lowest BCUT2D eigenvalue weighted by Crippen LogP contribution is -2.36. The van der Waals surface area contributed by atoms with Crippen LogP contribution in [-0.2, 0) is 5.41 Å². The summed E-state index contributed by atoms with van der Waals surface area (Å²) in [6.45, 7) is 0. The Morgan fingerprint density at radius 3 is 2.54 bits per heavy atom. The van der Waals surface area contributed by atoms with Crippen LogP contribution in [0.1, 0.15) is 30.7 Å². The van der Waals surface area contributed by atoms with Crippen molar-refractivity contribution < 1.29 is 4.52 Å². The van der Waals surface area contributed by atoms with Crippen molar-refractivity contribution in [1.29, 1.82) is 0 Å². The van der Waals surface area contributed by atoms with E-state index >= 15 is 0 Å². The number of aromatic amines is 1. The van der Waals surface area contributed by atoms with Crippen molar-refractivity contribution in [2.75, 3.05) is 12.4 Å². The van der Waals surface area contributed by atoms with Crippen LogP contribution in [0.4, 0.5) is 5.82 Å². The zero-order valence-corrected chi connectivity index (χ0v) is 15.3. The highest BCUT2D eigenvalue weighted by molar-refractivity contribution is 5.55. The van der Waals surface area contributed by atoms with Crippen molar-refractivity contribution in [3.63, 3.8) is 0 Å². The van der Waals surface area contributed by atoms with Crippen LogP contribution in [-0.4, -0.2) is 42.3 Å². The second kappa shape index (κ2) is 6.52. The van der Waals surface area contributed by atoms with E-state index in [-0.39, 0.29) is 5.41 Å². The van der Waals surface area contributed by atoms with Gasteiger partial charge in [-0.25, -0.2) is 9.97 Å². The highest BCUT2D eigenvalue weighted by Gasteiger charge is 2.44. The molecule has 0 radical (unpaired) electrons. The fraction of sp³-hybridized carbons (Fsp3) is 0.263. The molecule has 4 heterocycles. The molecule has 1 aliphatic rings. The predicted molar refractivity (Wildman–Crippen MR) is 101 cm³/mol. The molecule has 1 saturated carbocycles. The molecule has 0 amide bonds. The third-order valence-electron chi connectivity index (χ3n) is 5.29. The number of aromatic nitrogens is 7. The molecule has 9 heteroatoms. The lowest BCUT2D eigenvalue weighted by molar-refractivity contribution is 0.272. The van der Waals surface area contributed by atoms with Gasteiger partial charge in [0, 0.05) is 19.4 Å². The second-order valence-electron chi connectivity index (χ2n) is 6.81. The summed E-state index contributed by atoms with van der Waals surface area (Å²) in [5, 5.41) is 13.9. The topological polar surface area (TPSA) is 118 Å². The Bertz CT molecular complexity index is 1070. The molecule has 5 rings (SSSR count). The molecule has 2 N–H and O–H groups in total. The Hall–Kier alpha value is -3.62. The van der Waals surface area contributed by atoms with Gasteiger partial charge in [-0.15, -0.1) is 0 Å². The van der Waals surface area contributed by atoms with E-state index < -0.39 is 0 Å². The number of pyridine rings is 1. The van der Waals surface area contributed by atoms with E-state index in [1.54, 1.807) is 24.8 Å². The number of hydrogen-bond donors (Lipinski definition) is 2. The first-order valence-electron chi connectivity index (χ1n) is 9.08. The van der Waals surface area contributed by atoms with Crippen LogP contribution >= 0.6 is 0 Å². The van der Waals surface area contributed by atoms with E-state index in [0.717, 1.165) is 47.6 Å². The Morgan fingerprint density at radius 2 is 1.93 bits per heavy atom. The van der Waals surface area contributed by atoms with Crippen LogP contribution < -0.4 is 5.32 Å². The van der Waals surface area contributed by atoms with Crippen molar-refractivity contribution in [3.05, 3.63) is 54.5 Å². The SMILES string of the molecule is CNc1cnc(-c2ccc(C3(c4noc(-c5cn[nH]c5)n4)CCC3)cn2)cn1. The van der Waals surface area contributed by atoms with Crippen LogP contribution in [0.15, 0.2) is 47.6 Å². The smallest absolute Gasteiger partial charge is 0.261 e. The predicted octanol–water partition coefficient (Wildman–Crippen LogP) is 2.82. The molecule has 9 nitrogen and oxygen atoms in total. The molecule has 0 aliphatic heterocycles. The van der Waals surface area contributed by atoms with Gasteiger partial charge in [0.05, 0.1) is 35.3 Å². The highest BCUT2D eigenvalue weighted by atomic mass is 16.5. The van der Waals surface area contributed by atoms with E-state index in [0.29, 0.717) is 11.7 Å². The van der Waals surface area contributed by atoms with Crippen LogP contribution in [0.2, 0.25) is 0 Å². The van der Waals surface area contributed by atoms with Crippen molar-refractivity contribution in [3.8, 4) is 22.8 Å². The van der Waals surface area contributed by atoms with Crippen LogP contribution in [0, 0.1) is 0 Å². The normalized spacial score (nSPS) is 15.2. The van der Waals surface area contributed by atoms with Gasteiger partial charge < -0.3 is 9.84 Å². The van der Waals surface area contributed by atoms with Gasteiger partial charge in [-0.2, -0.15) is 10.1 Å². The molecule has 1 fully saturated rings. The lowest BCUT2D eigenvalue weighted by atomic mass is 9.64. The van der Waals surface area contributed by atoms with Crippen LogP contribution in [0.25, 0.3) is 22.8 Å². The van der Waals surface area contributed by atoms with E-state index in [4.69, 9.17) is 4.52 Å². The zero-order valence-electron chi connectivity index (χ0n) is 15.3. The monoisotopic (exact) mass is 374 g/mol. The Labute approximate surface area is 160 Å². The summed E-state index contributed by atoms with van der Waals surface area (Å²) < 4.78 is 5.46. The summed E-state index contributed by atoms with van der Waals surface area (Å²) in [7, 11) is 1.81. The quantitative estimate of drug-likeness (QED) is 0.547. The van der Waals surface area contributed by atoms with Crippen LogP contribution in [0.5, 0.6) is 0 Å². The average Bonchev–Trinajstić information content (AvgIpc) is 3.40. The first kappa shape index (κ1) is 16.5. The van der Waals surface area contributed by atoms with Crippen LogP contribution in [0.3, 0.4) is 0 Å². The molecule has 4 aromatic heterocycles. The van der Waals surface area contributed by atoms with Gasteiger partial charge in [-0.1, -0.05) is 17.6 Å². The molecule has 4 aromatic rings. The number of rotatable bonds is 5. The fourth-order valence-corrected chi connectivity index (χ4v) is 3.49. The summed E-state index contributed by atoms with van der Waals surface area (Å²) in [5.74, 6) is 1.89. The minimum absolute atomic E-state index is 0.251. The van der Waals surface area contributed by atoms with Gasteiger partial charge in [-0.05, 0) is 24.5 Å². The number of nitrogens with zero attached hydrogens (tertiary/aromatic N) is 6. The lowest BCUT2D eigenvalue weighted by Gasteiger charge is -2.39. The standard InChI is InChI=1S/C19H18N8O/c1-20-16-11-22-15(10-23-16)14-4-3-13(9-21-14)19(5-2-6-19)18-26-17(28-27-18)12-7-24-25-8-12/h3-4,7-11H,2,5-6H2,1H3,(H,20,23)(H,24,25). The maximum absolute atomic E-state index is 5.46. The molecule has 140 valence electrons. The first-order chi connectivity index (χ1) is 13.8. The Kier molecular flexibility index (Phi) is 3.85. The van der Waals surface area contributed by atoms with Gasteiger partial charge in [0.2, 0.25) is 0 Å². The van der Waals surface area contributed by atoms with E-state index in [2.05, 4.69) is 46.7 Å². The Morgan fingerprint density at radius 1 is 1.04 bits per heavy atom. The van der Waals surface area contributed by atoms with Gasteiger partial charge in [-0.3, -0.25) is 10.1 Å². The molecule has 0 spiro atoms. The van der Waals surface area contributed by atoms with E-state index in [1.807, 2.05) is 19.3 Å². The van der Waals surface area contributed by atoms with E-state index in [9.17, 15) is 0 Å². The zero-order chi connectivity index (χ0) is 19.0. The molecule has 0 saturated heterocycles. The summed E-state index contributed by atoms with van der Waals surface area (Å²) in [6.07, 6.45) is 11.7. The van der Waals surface area contributed by atoms with Gasteiger partial charge in [0.1, 0.15) is 11.5 Å². The minimum Gasteiger partial charge on any atom is -0.372 e. The third-order valence-corrected chi connectivity index (χ3v) is 5.29. The molecule has 28 heavy (non-hydrogen) atoms. The molecular formula is C19H18N8O. The average molecular weight is 374 g/mol. The molecule has 0 atom stereocenters. The van der Waals surface area contributed by atoms with Gasteiger partial charge in [0.25, 0.3) is 5.89 Å². The van der Waals surface area contributed by atoms with Crippen molar-refractivity contribution in [1.82, 2.24) is 35.3 Å². The maximum Gasteiger partial charge on any atom is 0.261 e. The van der Waals surface area contributed by atoms with Crippen molar-refractivity contribution >= 4 is 5.82 Å². The molecule has 0 aromatic carbocycles. The third kappa shape index (κ3) is 2.63. The summed E-state index contributed by atoms with van der Waals surface area (Å²) in [5.41, 5.74) is 3.13. The maximum atomic E-state index is 5.46. The first-order valence-corrected chi connectivity index (χ1v) is 9.08. The molecular weight excluding hydrogens is 356 g/mol. The largest absolute Gasteiger partial charge is 0.372 e. The number of anilines is 1. The van der Waals surface area contributed by atoms with Crippen molar-refractivity contribution in [2.45, 2.75) is 24.7 Å². The van der Waals surface area contributed by atoms with Crippen molar-refractivity contribution in [2.24, 2.45) is 0 Å². The molecule has 0 unspecified atom stereocenters. The summed E-state index contributed by atoms with van der Waals surface area (Å²) >= 11 is 0. The Balaban J connectivity index is 1.45. The molecule has 0 bridgehead atoms.